The van der Waals surface area contributed by atoms with Gasteiger partial charge in [0.05, 0.1) is 36.5 Å². The molecular weight excluding hydrogens is 903 g/mol. The van der Waals surface area contributed by atoms with Crippen molar-refractivity contribution in [1.29, 1.82) is 0 Å². The normalized spacial score (nSPS) is 30.8. The highest BCUT2D eigenvalue weighted by molar-refractivity contribution is 8.13. The number of H-pyrrole nitrogens is 1. The Hall–Kier alpha value is -5.03. The average Bonchev–Trinajstić information content (AvgIpc) is 3.67. The van der Waals surface area contributed by atoms with Crippen LogP contribution in [0.5, 0.6) is 5.75 Å². The fraction of sp³-hybridized carbons (Fsp3) is 0.479. The molecule has 3 aromatic rings. The standard InChI is InChI=1S/C48H55N5O12S2/c1-24(2)51-33-23-62-38(22-37(33)61-6)65-43-45(59)48(66-7,44(58)42-41-28(16-18-50-42)31-20-27(55)14-15-32(31)52-41)25(3)63-46(43)64-36-13-11-9-8-10-12-30-39(36)29(17-19-67-26(4)54)34(56)21-35(57)40(30)53-47(60)49-5/h8-9,14-18,20,24-25,33-34,36-38,40,43,45-46,51-52,55-56,59H,19,21-23H2,1-7H3,(H2,49,53,60)/b9-8-,29-17-/t25?,33?,34-,36-,37?,38?,40?,43?,45?,46?,48?/m0/s1. The number of allylic oxidation sites excluding steroid dienone is 2. The summed E-state index contributed by atoms with van der Waals surface area (Å²) in [5, 5.41) is 44.7. The van der Waals surface area contributed by atoms with E-state index in [1.54, 1.807) is 44.6 Å². The molecule has 17 nitrogen and oxygen atoms in total. The lowest BCUT2D eigenvalue weighted by molar-refractivity contribution is -0.322. The van der Waals surface area contributed by atoms with E-state index >= 15 is 4.79 Å². The number of ketones is 2. The number of benzene rings is 1. The Bertz CT molecular complexity index is 2630. The molecule has 67 heavy (non-hydrogen) atoms. The van der Waals surface area contributed by atoms with Crippen molar-refractivity contribution < 1.29 is 58.2 Å². The maximum absolute atomic E-state index is 15.3. The van der Waals surface area contributed by atoms with Crippen LogP contribution in [0, 0.1) is 23.7 Å². The Morgan fingerprint density at radius 1 is 1.13 bits per heavy atom. The molecule has 1 aromatic carbocycles. The number of fused-ring (bicyclic) bond motifs is 3. The van der Waals surface area contributed by atoms with E-state index in [0.29, 0.717) is 21.8 Å². The number of phenolic OH excluding ortho intramolecular Hbond substituents is 1. The van der Waals surface area contributed by atoms with Gasteiger partial charge >= 0.3 is 6.03 Å². The smallest absolute Gasteiger partial charge is 0.315 e. The number of Topliss-reactive ketones (excluding diaryl/α,β-unsaturated/α-hetero) is 2. The molecule has 2 fully saturated rings. The number of aromatic amines is 1. The minimum Gasteiger partial charge on any atom is -0.508 e. The molecule has 356 valence electrons. The Balaban J connectivity index is 1.35. The summed E-state index contributed by atoms with van der Waals surface area (Å²) in [5.74, 6) is 10.8. The maximum atomic E-state index is 15.3. The summed E-state index contributed by atoms with van der Waals surface area (Å²) in [4.78, 5) is 62.0. The Morgan fingerprint density at radius 3 is 2.63 bits per heavy atom. The Morgan fingerprint density at radius 2 is 1.91 bits per heavy atom. The molecular formula is C48H55N5O12S2. The topological polar surface area (TPSA) is 240 Å². The first-order valence-corrected chi connectivity index (χ1v) is 24.0. The number of thioether (sulfide) groups is 2. The first-order valence-electron chi connectivity index (χ1n) is 21.8. The lowest BCUT2D eigenvalue weighted by atomic mass is 9.83. The fourth-order valence-corrected chi connectivity index (χ4v) is 10.5. The van der Waals surface area contributed by atoms with E-state index in [4.69, 9.17) is 23.7 Å². The Labute approximate surface area is 396 Å². The second-order valence-electron chi connectivity index (χ2n) is 16.7. The van der Waals surface area contributed by atoms with Gasteiger partial charge in [-0.3, -0.25) is 19.4 Å². The zero-order valence-electron chi connectivity index (χ0n) is 38.1. The SMILES string of the molecule is CNC(=O)NC1C(=O)C[C@H](O)/C(=C/CSC(C)=O)C2=C1C#C/C=C\C#C[C@@H]2OC1OC(C)C(SC)(C(=O)c2nccc3c2[nH]c2ccc(O)cc23)C(O)C1OC1CC(OC)C(NC(C)C)CO1. The van der Waals surface area contributed by atoms with Crippen LogP contribution >= 0.6 is 23.5 Å². The van der Waals surface area contributed by atoms with Crippen LogP contribution in [0.3, 0.4) is 0 Å². The number of pyridine rings is 1. The van der Waals surface area contributed by atoms with Crippen molar-refractivity contribution >= 4 is 68.0 Å². The predicted octanol–water partition coefficient (Wildman–Crippen LogP) is 3.42. The van der Waals surface area contributed by atoms with E-state index in [1.165, 1.54) is 38.4 Å². The number of methoxy groups -OCH3 is 1. The minimum absolute atomic E-state index is 0.0124. The number of aliphatic hydroxyl groups excluding tert-OH is 2. The average molecular weight is 958 g/mol. The molecule has 19 heteroatoms. The number of nitrogens with zero attached hydrogens (tertiary/aromatic N) is 1. The minimum atomic E-state index is -1.80. The molecule has 2 aliphatic carbocycles. The molecule has 9 unspecified atom stereocenters. The number of nitrogens with one attached hydrogen (secondary N) is 4. The van der Waals surface area contributed by atoms with Crippen LogP contribution in [0.1, 0.15) is 51.0 Å². The number of hydrogen-bond donors (Lipinski definition) is 7. The molecule has 2 aromatic heterocycles. The van der Waals surface area contributed by atoms with Gasteiger partial charge in [-0.05, 0) is 55.2 Å². The summed E-state index contributed by atoms with van der Waals surface area (Å²) in [5.41, 5.74) is 1.43. The summed E-state index contributed by atoms with van der Waals surface area (Å²) < 4.78 is 30.7. The Kier molecular flexibility index (Phi) is 16.0. The zero-order chi connectivity index (χ0) is 48.2. The van der Waals surface area contributed by atoms with Crippen molar-refractivity contribution in [1.82, 2.24) is 25.9 Å². The summed E-state index contributed by atoms with van der Waals surface area (Å²) in [7, 11) is 2.97. The van der Waals surface area contributed by atoms with E-state index < -0.39 is 77.9 Å². The van der Waals surface area contributed by atoms with Gasteiger partial charge in [0.15, 0.2) is 23.5 Å². The first kappa shape index (κ1) is 49.9. The molecule has 0 spiro atoms. The predicted molar refractivity (Wildman–Crippen MR) is 253 cm³/mol. The van der Waals surface area contributed by atoms with Crippen LogP contribution < -0.4 is 16.0 Å². The van der Waals surface area contributed by atoms with Crippen LogP contribution in [0.2, 0.25) is 0 Å². The van der Waals surface area contributed by atoms with Crippen LogP contribution in [-0.4, -0.2) is 153 Å². The fourth-order valence-electron chi connectivity index (χ4n) is 8.97. The van der Waals surface area contributed by atoms with Gasteiger partial charge in [-0.25, -0.2) is 4.79 Å². The van der Waals surface area contributed by atoms with Gasteiger partial charge in [0, 0.05) is 79.3 Å². The number of carbonyl (C=O) groups is 4. The van der Waals surface area contributed by atoms with Gasteiger partial charge in [0.2, 0.25) is 5.78 Å². The van der Waals surface area contributed by atoms with Crippen LogP contribution in [0.15, 0.2) is 65.4 Å². The molecule has 11 atom stereocenters. The number of carbonyl (C=O) groups excluding carboxylic acids is 4. The highest BCUT2D eigenvalue weighted by Gasteiger charge is 2.61. The van der Waals surface area contributed by atoms with Gasteiger partial charge in [-0.2, -0.15) is 0 Å². The summed E-state index contributed by atoms with van der Waals surface area (Å²) >= 11 is 2.03. The number of aromatic nitrogens is 2. The number of amides is 2. The molecule has 2 saturated heterocycles. The van der Waals surface area contributed by atoms with Crippen molar-refractivity contribution in [3.63, 3.8) is 0 Å². The van der Waals surface area contributed by atoms with E-state index in [9.17, 15) is 29.7 Å². The van der Waals surface area contributed by atoms with Crippen molar-refractivity contribution in [2.75, 3.05) is 32.8 Å². The van der Waals surface area contributed by atoms with E-state index in [0.717, 1.165) is 23.5 Å². The lowest BCUT2D eigenvalue weighted by Crippen LogP contribution is -2.68. The number of urea groups is 1. The third kappa shape index (κ3) is 10.4. The number of rotatable bonds is 13. The largest absolute Gasteiger partial charge is 0.508 e. The van der Waals surface area contributed by atoms with Gasteiger partial charge in [-0.1, -0.05) is 55.4 Å². The second-order valence-corrected chi connectivity index (χ2v) is 19.0. The number of phenols is 1. The lowest BCUT2D eigenvalue weighted by Gasteiger charge is -2.51. The number of hydrogen-bond acceptors (Lipinski definition) is 16. The van der Waals surface area contributed by atoms with Gasteiger partial charge < -0.3 is 59.9 Å². The van der Waals surface area contributed by atoms with Crippen molar-refractivity contribution in [2.45, 2.75) is 113 Å². The van der Waals surface area contributed by atoms with Gasteiger partial charge in [-0.15, -0.1) is 11.8 Å². The van der Waals surface area contributed by atoms with Crippen molar-refractivity contribution in [3.05, 3.63) is 71.1 Å². The maximum Gasteiger partial charge on any atom is 0.315 e. The van der Waals surface area contributed by atoms with Gasteiger partial charge in [0.1, 0.15) is 40.5 Å². The molecule has 2 aliphatic heterocycles. The quantitative estimate of drug-likeness (QED) is 0.0960. The van der Waals surface area contributed by atoms with Gasteiger partial charge in [0.25, 0.3) is 0 Å². The van der Waals surface area contributed by atoms with Crippen LogP contribution in [-0.2, 0) is 33.3 Å². The second kappa shape index (κ2) is 21.5. The first-order chi connectivity index (χ1) is 32.1. The monoisotopic (exact) mass is 957 g/mol. The molecule has 0 radical (unpaired) electrons. The van der Waals surface area contributed by atoms with Crippen molar-refractivity contribution in [3.8, 4) is 29.4 Å². The van der Waals surface area contributed by atoms with E-state index in [2.05, 4.69) is 49.6 Å². The summed E-state index contributed by atoms with van der Waals surface area (Å²) in [6.45, 7) is 7.22. The molecule has 0 saturated carbocycles. The molecule has 7 N–H and O–H groups in total. The highest BCUT2D eigenvalue weighted by atomic mass is 32.2. The van der Waals surface area contributed by atoms with Crippen LogP contribution in [0.25, 0.3) is 21.8 Å². The molecule has 0 bridgehead atoms. The van der Waals surface area contributed by atoms with Crippen molar-refractivity contribution in [2.24, 2.45) is 0 Å². The third-order valence-electron chi connectivity index (χ3n) is 12.1. The zero-order valence-corrected chi connectivity index (χ0v) is 39.7. The van der Waals surface area contributed by atoms with E-state index in [-0.39, 0.29) is 70.2 Å². The van der Waals surface area contributed by atoms with E-state index in [1.807, 2.05) is 13.8 Å². The number of ether oxygens (including phenoxy) is 5. The highest BCUT2D eigenvalue weighted by Crippen LogP contribution is 2.46. The summed E-state index contributed by atoms with van der Waals surface area (Å²) in [6, 6.07) is 4.40. The third-order valence-corrected chi connectivity index (χ3v) is 14.3. The van der Waals surface area contributed by atoms with Crippen LogP contribution in [0.4, 0.5) is 4.79 Å². The molecule has 7 rings (SSSR count). The summed E-state index contributed by atoms with van der Waals surface area (Å²) in [6.07, 6.45) is -2.64. The number of aliphatic hydroxyl groups is 2. The molecule has 2 amide bonds. The molecule has 4 aliphatic rings. The molecule has 4 heterocycles. The number of aromatic hydroxyl groups is 1.